The van der Waals surface area contributed by atoms with Gasteiger partial charge in [-0.1, -0.05) is 43.6 Å². The highest BCUT2D eigenvalue weighted by Crippen LogP contribution is 2.61. The molecule has 0 bridgehead atoms. The summed E-state index contributed by atoms with van der Waals surface area (Å²) >= 11 is 0. The molecule has 0 radical (unpaired) electrons. The largest absolute Gasteiger partial charge is 0.483 e. The Bertz CT molecular complexity index is 909. The minimum atomic E-state index is -5.37. The predicted molar refractivity (Wildman–Crippen MR) is 139 cm³/mol. The summed E-state index contributed by atoms with van der Waals surface area (Å²) in [6.07, 6.45) is 1.72. The first kappa shape index (κ1) is 35.1. The molecule has 1 aliphatic rings. The molecule has 13 nitrogen and oxygen atoms in total. The van der Waals surface area contributed by atoms with Crippen molar-refractivity contribution >= 4 is 21.6 Å². The zero-order chi connectivity index (χ0) is 29.1. The van der Waals surface area contributed by atoms with Gasteiger partial charge in [-0.15, -0.1) is 0 Å². The fraction of sp³-hybridized carbons (Fsp3) is 0.783. The van der Waals surface area contributed by atoms with Gasteiger partial charge in [-0.25, -0.2) is 9.13 Å². The highest BCUT2D eigenvalue weighted by atomic mass is 31.3. The fourth-order valence-electron chi connectivity index (χ4n) is 3.68. The lowest BCUT2D eigenvalue weighted by atomic mass is 9.97. The summed E-state index contributed by atoms with van der Waals surface area (Å²) in [5.74, 6) is -0.0303. The van der Waals surface area contributed by atoms with E-state index in [-0.39, 0.29) is 6.61 Å². The van der Waals surface area contributed by atoms with E-state index in [0.717, 1.165) is 31.8 Å². The molecule has 7 atom stereocenters. The molecule has 1 saturated heterocycles. The summed E-state index contributed by atoms with van der Waals surface area (Å²) in [6.45, 7) is 8.16. The SMILES string of the molecule is CC(=O)N[C@@H]1[C@@H](OP(=O)(O)OP(=O)(O)OC/C=C(/C)CC/C=C(/C)CCCC(C)C)O[C@H](CO)[C@H](O)[C@H]1O. The van der Waals surface area contributed by atoms with Crippen LogP contribution in [0, 0.1) is 5.92 Å². The molecular weight excluding hydrogens is 544 g/mol. The Kier molecular flexibility index (Phi) is 15.1. The maximum atomic E-state index is 12.4. The highest BCUT2D eigenvalue weighted by Gasteiger charge is 2.49. The van der Waals surface area contributed by atoms with Crippen molar-refractivity contribution < 1.29 is 57.1 Å². The van der Waals surface area contributed by atoms with E-state index in [1.54, 1.807) is 0 Å². The third-order valence-electron chi connectivity index (χ3n) is 5.75. The van der Waals surface area contributed by atoms with Crippen molar-refractivity contribution in [3.63, 3.8) is 0 Å². The average Bonchev–Trinajstić information content (AvgIpc) is 2.77. The second kappa shape index (κ2) is 16.3. The first-order chi connectivity index (χ1) is 17.6. The number of rotatable bonds is 16. The molecule has 0 aliphatic carbocycles. The van der Waals surface area contributed by atoms with Gasteiger partial charge in [0.05, 0.1) is 13.2 Å². The van der Waals surface area contributed by atoms with E-state index >= 15 is 0 Å². The van der Waals surface area contributed by atoms with Gasteiger partial charge >= 0.3 is 15.6 Å². The van der Waals surface area contributed by atoms with Crippen molar-refractivity contribution in [2.75, 3.05) is 13.2 Å². The van der Waals surface area contributed by atoms with Crippen LogP contribution in [-0.4, -0.2) is 74.9 Å². The predicted octanol–water partition coefficient (Wildman–Crippen LogP) is 2.68. The summed E-state index contributed by atoms with van der Waals surface area (Å²) in [6, 6.07) is -1.56. The summed E-state index contributed by atoms with van der Waals surface area (Å²) in [5, 5.41) is 31.7. The monoisotopic (exact) mass is 587 g/mol. The van der Waals surface area contributed by atoms with Gasteiger partial charge in [0, 0.05) is 6.92 Å². The van der Waals surface area contributed by atoms with E-state index in [9.17, 15) is 39.0 Å². The first-order valence-electron chi connectivity index (χ1n) is 12.5. The third kappa shape index (κ3) is 13.4. The summed E-state index contributed by atoms with van der Waals surface area (Å²) in [5.41, 5.74) is 2.17. The van der Waals surface area contributed by atoms with Crippen LogP contribution < -0.4 is 5.32 Å². The molecule has 1 aliphatic heterocycles. The summed E-state index contributed by atoms with van der Waals surface area (Å²) in [7, 11) is -10.5. The number of allylic oxidation sites excluding steroid dienone is 3. The first-order valence-corrected chi connectivity index (χ1v) is 15.5. The van der Waals surface area contributed by atoms with Crippen LogP contribution in [0.1, 0.15) is 66.7 Å². The fourth-order valence-corrected chi connectivity index (χ4v) is 5.77. The second-order valence-corrected chi connectivity index (χ2v) is 12.8. The number of aliphatic hydroxyl groups excluding tert-OH is 3. The quantitative estimate of drug-likeness (QED) is 0.114. The molecule has 6 N–H and O–H groups in total. The van der Waals surface area contributed by atoms with Crippen molar-refractivity contribution in [2.45, 2.75) is 97.4 Å². The number of aliphatic hydroxyl groups is 3. The smallest absolute Gasteiger partial charge is 0.394 e. The molecule has 2 unspecified atom stereocenters. The van der Waals surface area contributed by atoms with Gasteiger partial charge in [0.2, 0.25) is 5.91 Å². The van der Waals surface area contributed by atoms with Crippen LogP contribution in [0.25, 0.3) is 0 Å². The number of ether oxygens (including phenoxy) is 1. The van der Waals surface area contributed by atoms with Crippen molar-refractivity contribution in [1.29, 1.82) is 0 Å². The standard InChI is InChI=1S/C23H43NO12P2/c1-15(2)8-6-9-16(3)10-7-11-17(4)12-13-33-37(29,30)36-38(31,32)35-23-20(24-18(5)26)22(28)21(27)19(14-25)34-23/h10,12,15,19-23,25,27-28H,6-9,11,13-14H2,1-5H3,(H,24,26)(H,29,30)(H,31,32)/b16-10-,17-12-/t19-,20+,21+,22+,23-/m1/s1. The van der Waals surface area contributed by atoms with Crippen LogP contribution >= 0.6 is 15.6 Å². The zero-order valence-electron chi connectivity index (χ0n) is 22.6. The third-order valence-corrected chi connectivity index (χ3v) is 8.35. The number of amides is 1. The Morgan fingerprint density at radius 3 is 2.24 bits per heavy atom. The van der Waals surface area contributed by atoms with Gasteiger partial charge in [0.1, 0.15) is 24.4 Å². The van der Waals surface area contributed by atoms with Crippen molar-refractivity contribution in [2.24, 2.45) is 5.92 Å². The topological polar surface area (TPSA) is 201 Å². The van der Waals surface area contributed by atoms with E-state index < -0.39 is 58.8 Å². The number of hydrogen-bond donors (Lipinski definition) is 6. The molecule has 0 saturated carbocycles. The Morgan fingerprint density at radius 1 is 1.03 bits per heavy atom. The molecule has 0 aromatic heterocycles. The van der Waals surface area contributed by atoms with Crippen molar-refractivity contribution in [1.82, 2.24) is 5.32 Å². The molecule has 1 amide bonds. The number of phosphoric acid groups is 2. The van der Waals surface area contributed by atoms with Gasteiger partial charge < -0.3 is 35.2 Å². The number of nitrogens with one attached hydrogen (secondary N) is 1. The van der Waals surface area contributed by atoms with Crippen LogP contribution in [0.2, 0.25) is 0 Å². The van der Waals surface area contributed by atoms with E-state index in [1.165, 1.54) is 18.1 Å². The average molecular weight is 588 g/mol. The maximum absolute atomic E-state index is 12.4. The van der Waals surface area contributed by atoms with Crippen LogP contribution in [0.15, 0.2) is 23.3 Å². The molecule has 1 fully saturated rings. The molecule has 222 valence electrons. The lowest BCUT2D eigenvalue weighted by Crippen LogP contribution is -2.64. The lowest BCUT2D eigenvalue weighted by Gasteiger charge is -2.42. The zero-order valence-corrected chi connectivity index (χ0v) is 24.3. The normalized spacial score (nSPS) is 28.1. The van der Waals surface area contributed by atoms with Gasteiger partial charge in [0.15, 0.2) is 6.29 Å². The number of hydrogen-bond acceptors (Lipinski definition) is 10. The van der Waals surface area contributed by atoms with Crippen LogP contribution in [-0.2, 0) is 32.0 Å². The Balaban J connectivity index is 2.65. The van der Waals surface area contributed by atoms with Gasteiger partial charge in [0.25, 0.3) is 0 Å². The highest BCUT2D eigenvalue weighted by molar-refractivity contribution is 7.61. The van der Waals surface area contributed by atoms with Gasteiger partial charge in [-0.05, 0) is 45.4 Å². The molecule has 1 rings (SSSR count). The van der Waals surface area contributed by atoms with Crippen LogP contribution in [0.5, 0.6) is 0 Å². The summed E-state index contributed by atoms with van der Waals surface area (Å²) in [4.78, 5) is 31.3. The van der Waals surface area contributed by atoms with E-state index in [4.69, 9.17) is 13.8 Å². The molecule has 0 aromatic rings. The second-order valence-electron chi connectivity index (χ2n) is 9.78. The molecular formula is C23H43NO12P2. The van der Waals surface area contributed by atoms with Gasteiger partial charge in [-0.3, -0.25) is 13.8 Å². The van der Waals surface area contributed by atoms with Crippen molar-refractivity contribution in [3.05, 3.63) is 23.3 Å². The number of phosphoric ester groups is 2. The lowest BCUT2D eigenvalue weighted by molar-refractivity contribution is -0.247. The number of carbonyl (C=O) groups excluding carboxylic acids is 1. The molecule has 1 heterocycles. The minimum Gasteiger partial charge on any atom is -0.394 e. The Morgan fingerprint density at radius 2 is 1.66 bits per heavy atom. The Hall–Kier alpha value is -0.950. The Labute approximate surface area is 224 Å². The maximum Gasteiger partial charge on any atom is 0.483 e. The molecule has 0 spiro atoms. The van der Waals surface area contributed by atoms with E-state index in [1.807, 2.05) is 6.92 Å². The summed E-state index contributed by atoms with van der Waals surface area (Å²) < 4.78 is 43.6. The van der Waals surface area contributed by atoms with Gasteiger partial charge in [-0.2, -0.15) is 4.31 Å². The number of carbonyl (C=O) groups is 1. The van der Waals surface area contributed by atoms with E-state index in [2.05, 4.69) is 36.5 Å². The molecule has 0 aromatic carbocycles. The minimum absolute atomic E-state index is 0.386. The van der Waals surface area contributed by atoms with Crippen LogP contribution in [0.4, 0.5) is 0 Å². The van der Waals surface area contributed by atoms with Crippen molar-refractivity contribution in [3.8, 4) is 0 Å². The van der Waals surface area contributed by atoms with E-state index in [0.29, 0.717) is 12.3 Å². The van der Waals surface area contributed by atoms with Crippen LogP contribution in [0.3, 0.4) is 0 Å². The molecule has 15 heteroatoms. The molecule has 38 heavy (non-hydrogen) atoms.